The van der Waals surface area contributed by atoms with Crippen molar-refractivity contribution in [3.8, 4) is 17.2 Å². The van der Waals surface area contributed by atoms with Crippen molar-refractivity contribution in [3.05, 3.63) is 119 Å². The van der Waals surface area contributed by atoms with Crippen LogP contribution in [0.3, 0.4) is 0 Å². The molecule has 228 valence electrons. The number of ether oxygens (including phenoxy) is 4. The number of hydrogen-bond acceptors (Lipinski definition) is 8. The van der Waals surface area contributed by atoms with E-state index in [2.05, 4.69) is 4.99 Å². The molecule has 0 radical (unpaired) electrons. The van der Waals surface area contributed by atoms with Gasteiger partial charge in [0.2, 0.25) is 0 Å². The lowest BCUT2D eigenvalue weighted by Crippen LogP contribution is -2.40. The standard InChI is InChI=1S/C34H33ClN2O6S/c1-5-40-26-15-11-9-13-24(26)31-30(33(39)42-7-3)21(4)36-34-37(31)32(38)29(44-34)19-22-16-17-27(28(18-22)41-6-2)43-20-23-12-8-10-14-25(23)35/h8-19,31H,5-7,20H2,1-4H3/b29-19-/t31-/m1/s1. The molecule has 0 N–H and O–H groups in total. The summed E-state index contributed by atoms with van der Waals surface area (Å²) in [7, 11) is 0. The maximum atomic E-state index is 14.1. The number of carbonyl (C=O) groups is 1. The summed E-state index contributed by atoms with van der Waals surface area (Å²) in [6, 6.07) is 19.7. The van der Waals surface area contributed by atoms with Gasteiger partial charge < -0.3 is 18.9 Å². The minimum atomic E-state index is -0.769. The Bertz CT molecular complexity index is 1890. The summed E-state index contributed by atoms with van der Waals surface area (Å²) in [4.78, 5) is 32.5. The maximum absolute atomic E-state index is 14.1. The molecule has 1 aromatic heterocycles. The first-order valence-corrected chi connectivity index (χ1v) is 15.6. The fraction of sp³-hybridized carbons (Fsp3) is 0.265. The lowest BCUT2D eigenvalue weighted by atomic mass is 9.95. The predicted octanol–water partition coefficient (Wildman–Crippen LogP) is 5.83. The topological polar surface area (TPSA) is 88.4 Å². The van der Waals surface area contributed by atoms with E-state index in [1.807, 2.05) is 80.6 Å². The number of rotatable bonds is 11. The summed E-state index contributed by atoms with van der Waals surface area (Å²) in [5, 5.41) is 0.626. The van der Waals surface area contributed by atoms with Crippen LogP contribution in [0.5, 0.6) is 17.2 Å². The second-order valence-electron chi connectivity index (χ2n) is 9.79. The molecule has 1 atom stereocenters. The minimum absolute atomic E-state index is 0.195. The first-order valence-electron chi connectivity index (χ1n) is 14.4. The molecule has 0 fully saturated rings. The summed E-state index contributed by atoms with van der Waals surface area (Å²) >= 11 is 7.55. The normalized spacial score (nSPS) is 14.6. The molecular formula is C34H33ClN2O6S. The van der Waals surface area contributed by atoms with Gasteiger partial charge in [0, 0.05) is 16.1 Å². The third kappa shape index (κ3) is 6.44. The van der Waals surface area contributed by atoms with Gasteiger partial charge in [0.1, 0.15) is 18.4 Å². The monoisotopic (exact) mass is 632 g/mol. The van der Waals surface area contributed by atoms with Gasteiger partial charge in [-0.3, -0.25) is 9.36 Å². The molecule has 10 heteroatoms. The van der Waals surface area contributed by atoms with Crippen molar-refractivity contribution in [2.75, 3.05) is 19.8 Å². The number of esters is 1. The van der Waals surface area contributed by atoms with Crippen LogP contribution in [0.1, 0.15) is 50.4 Å². The lowest BCUT2D eigenvalue weighted by Gasteiger charge is -2.26. The summed E-state index contributed by atoms with van der Waals surface area (Å²) in [6.07, 6.45) is 1.79. The number of hydrogen-bond donors (Lipinski definition) is 0. The molecule has 0 unspecified atom stereocenters. The van der Waals surface area contributed by atoms with Gasteiger partial charge in [0.15, 0.2) is 16.3 Å². The van der Waals surface area contributed by atoms with Gasteiger partial charge in [-0.2, -0.15) is 0 Å². The highest BCUT2D eigenvalue weighted by Gasteiger charge is 2.35. The average molecular weight is 633 g/mol. The molecule has 0 spiro atoms. The number of halogens is 1. The van der Waals surface area contributed by atoms with E-state index in [0.717, 1.165) is 11.1 Å². The van der Waals surface area contributed by atoms with Crippen molar-refractivity contribution in [1.82, 2.24) is 4.57 Å². The number of nitrogens with zero attached hydrogens (tertiary/aromatic N) is 2. The van der Waals surface area contributed by atoms with Gasteiger partial charge in [0.25, 0.3) is 5.56 Å². The van der Waals surface area contributed by atoms with Gasteiger partial charge in [-0.25, -0.2) is 9.79 Å². The van der Waals surface area contributed by atoms with Crippen LogP contribution in [-0.2, 0) is 16.1 Å². The zero-order valence-electron chi connectivity index (χ0n) is 25.0. The van der Waals surface area contributed by atoms with Crippen molar-refractivity contribution in [2.45, 2.75) is 40.3 Å². The van der Waals surface area contributed by atoms with Gasteiger partial charge in [0.05, 0.1) is 35.6 Å². The van der Waals surface area contributed by atoms with Crippen molar-refractivity contribution in [3.63, 3.8) is 0 Å². The third-order valence-corrected chi connectivity index (χ3v) is 8.29. The fourth-order valence-corrected chi connectivity index (χ4v) is 6.24. The number of thiazole rings is 1. The number of aromatic nitrogens is 1. The first-order chi connectivity index (χ1) is 21.4. The second kappa shape index (κ2) is 14.0. The molecule has 5 rings (SSSR count). The molecule has 1 aliphatic heterocycles. The Morgan fingerprint density at radius 2 is 1.66 bits per heavy atom. The fourth-order valence-electron chi connectivity index (χ4n) is 5.00. The second-order valence-corrected chi connectivity index (χ2v) is 11.2. The summed E-state index contributed by atoms with van der Waals surface area (Å²) in [6.45, 7) is 8.62. The summed E-state index contributed by atoms with van der Waals surface area (Å²) in [5.41, 5.74) is 2.80. The van der Waals surface area contributed by atoms with Crippen molar-refractivity contribution >= 4 is 35.0 Å². The van der Waals surface area contributed by atoms with E-state index < -0.39 is 12.0 Å². The molecule has 3 aromatic carbocycles. The molecule has 8 nitrogen and oxygen atoms in total. The Morgan fingerprint density at radius 3 is 2.41 bits per heavy atom. The van der Waals surface area contributed by atoms with Crippen LogP contribution in [0.2, 0.25) is 5.02 Å². The number of fused-ring (bicyclic) bond motifs is 1. The molecule has 0 amide bonds. The van der Waals surface area contributed by atoms with Crippen LogP contribution < -0.4 is 29.1 Å². The highest BCUT2D eigenvalue weighted by molar-refractivity contribution is 7.07. The Hall–Kier alpha value is -4.34. The zero-order valence-corrected chi connectivity index (χ0v) is 26.5. The molecular weight excluding hydrogens is 600 g/mol. The van der Waals surface area contributed by atoms with E-state index in [-0.39, 0.29) is 18.8 Å². The van der Waals surface area contributed by atoms with E-state index in [4.69, 9.17) is 30.5 Å². The third-order valence-electron chi connectivity index (χ3n) is 6.94. The van der Waals surface area contributed by atoms with Crippen molar-refractivity contribution < 1.29 is 23.7 Å². The molecule has 1 aliphatic rings. The van der Waals surface area contributed by atoms with Crippen LogP contribution in [0.15, 0.2) is 87.8 Å². The predicted molar refractivity (Wildman–Crippen MR) is 171 cm³/mol. The van der Waals surface area contributed by atoms with E-state index in [0.29, 0.717) is 61.7 Å². The van der Waals surface area contributed by atoms with Crippen LogP contribution >= 0.6 is 22.9 Å². The van der Waals surface area contributed by atoms with E-state index in [1.165, 1.54) is 11.3 Å². The Labute approximate surface area is 264 Å². The van der Waals surface area contributed by atoms with Gasteiger partial charge in [-0.15, -0.1) is 0 Å². The number of carbonyl (C=O) groups excluding carboxylic acids is 1. The zero-order chi connectivity index (χ0) is 31.2. The SMILES string of the molecule is CCOC(=O)C1=C(C)N=c2s/c(=C\c3ccc(OCc4ccccc4Cl)c(OCC)c3)c(=O)n2[C@@H]1c1ccccc1OCC. The van der Waals surface area contributed by atoms with Crippen LogP contribution in [-0.4, -0.2) is 30.4 Å². The molecule has 0 saturated carbocycles. The quantitative estimate of drug-likeness (QED) is 0.193. The van der Waals surface area contributed by atoms with Crippen molar-refractivity contribution in [1.29, 1.82) is 0 Å². The molecule has 44 heavy (non-hydrogen) atoms. The Balaban J connectivity index is 1.58. The summed E-state index contributed by atoms with van der Waals surface area (Å²) < 4.78 is 25.3. The Morgan fingerprint density at radius 1 is 0.932 bits per heavy atom. The van der Waals surface area contributed by atoms with Gasteiger partial charge in [-0.1, -0.05) is 65.4 Å². The van der Waals surface area contributed by atoms with Crippen LogP contribution in [0.4, 0.5) is 0 Å². The van der Waals surface area contributed by atoms with E-state index >= 15 is 0 Å². The Kier molecular flexibility index (Phi) is 9.87. The highest BCUT2D eigenvalue weighted by Crippen LogP contribution is 2.36. The van der Waals surface area contributed by atoms with Crippen molar-refractivity contribution in [2.24, 2.45) is 4.99 Å². The molecule has 2 heterocycles. The average Bonchev–Trinajstić information content (AvgIpc) is 3.31. The number of allylic oxidation sites excluding steroid dienone is 1. The molecule has 0 aliphatic carbocycles. The first kappa shape index (κ1) is 31.1. The molecule has 0 saturated heterocycles. The maximum Gasteiger partial charge on any atom is 0.338 e. The number of benzene rings is 3. The van der Waals surface area contributed by atoms with E-state index in [1.54, 1.807) is 24.5 Å². The van der Waals surface area contributed by atoms with E-state index in [9.17, 15) is 9.59 Å². The highest BCUT2D eigenvalue weighted by atomic mass is 35.5. The molecule has 4 aromatic rings. The number of para-hydroxylation sites is 1. The van der Waals surface area contributed by atoms with Gasteiger partial charge in [-0.05, 0) is 63.6 Å². The summed E-state index contributed by atoms with van der Waals surface area (Å²) in [5.74, 6) is 1.17. The lowest BCUT2D eigenvalue weighted by molar-refractivity contribution is -0.139. The minimum Gasteiger partial charge on any atom is -0.494 e. The smallest absolute Gasteiger partial charge is 0.338 e. The van der Waals surface area contributed by atoms with Crippen LogP contribution in [0, 0.1) is 0 Å². The van der Waals surface area contributed by atoms with Crippen LogP contribution in [0.25, 0.3) is 6.08 Å². The molecule has 0 bridgehead atoms. The van der Waals surface area contributed by atoms with Gasteiger partial charge >= 0.3 is 5.97 Å². The largest absolute Gasteiger partial charge is 0.494 e.